The molecule has 0 bridgehead atoms. The van der Waals surface area contributed by atoms with Crippen molar-refractivity contribution in [2.75, 3.05) is 26.7 Å². The summed E-state index contributed by atoms with van der Waals surface area (Å²) < 4.78 is 5.73. The first-order chi connectivity index (χ1) is 9.06. The van der Waals surface area contributed by atoms with E-state index in [1.165, 1.54) is 0 Å². The van der Waals surface area contributed by atoms with E-state index >= 15 is 0 Å². The Morgan fingerprint density at radius 3 is 2.53 bits per heavy atom. The van der Waals surface area contributed by atoms with Gasteiger partial charge in [-0.3, -0.25) is 4.79 Å². The zero-order valence-corrected chi connectivity index (χ0v) is 12.2. The molecule has 1 unspecified atom stereocenters. The number of aryl methyl sites for hydroxylation is 2. The smallest absolute Gasteiger partial charge is 0.224 e. The summed E-state index contributed by atoms with van der Waals surface area (Å²) in [6, 6.07) is 6.06. The number of hydrogen-bond donors (Lipinski definition) is 2. The summed E-state index contributed by atoms with van der Waals surface area (Å²) in [7, 11) is 1.84. The summed E-state index contributed by atoms with van der Waals surface area (Å²) in [5, 5.41) is 5.86. The van der Waals surface area contributed by atoms with Gasteiger partial charge in [0.15, 0.2) is 0 Å². The van der Waals surface area contributed by atoms with Crippen LogP contribution in [0.2, 0.25) is 0 Å². The number of ether oxygens (including phenoxy) is 1. The highest BCUT2D eigenvalue weighted by Crippen LogP contribution is 2.21. The van der Waals surface area contributed by atoms with Gasteiger partial charge in [-0.1, -0.05) is 25.1 Å². The third kappa shape index (κ3) is 4.91. The number of rotatable bonds is 7. The molecule has 0 saturated heterocycles. The monoisotopic (exact) mass is 264 g/mol. The Balaban J connectivity index is 2.33. The number of para-hydroxylation sites is 1. The maximum absolute atomic E-state index is 11.7. The molecular formula is C15H24N2O2. The molecule has 1 atom stereocenters. The minimum absolute atomic E-state index is 0.0230. The van der Waals surface area contributed by atoms with Crippen molar-refractivity contribution in [2.24, 2.45) is 5.92 Å². The Morgan fingerprint density at radius 2 is 1.95 bits per heavy atom. The second-order valence-corrected chi connectivity index (χ2v) is 4.82. The number of hydrogen-bond acceptors (Lipinski definition) is 3. The quantitative estimate of drug-likeness (QED) is 0.736. The van der Waals surface area contributed by atoms with Crippen LogP contribution in [0.15, 0.2) is 18.2 Å². The largest absolute Gasteiger partial charge is 0.491 e. The van der Waals surface area contributed by atoms with Gasteiger partial charge < -0.3 is 15.4 Å². The van der Waals surface area contributed by atoms with Crippen LogP contribution in [0.1, 0.15) is 18.1 Å². The standard InChI is InChI=1S/C15H24N2O2/c1-11-6-5-7-12(2)14(11)19-9-8-17-15(18)13(3)10-16-4/h5-7,13,16H,8-10H2,1-4H3,(H,17,18). The minimum Gasteiger partial charge on any atom is -0.491 e. The first-order valence-corrected chi connectivity index (χ1v) is 6.67. The molecule has 1 amide bonds. The summed E-state index contributed by atoms with van der Waals surface area (Å²) in [5.74, 6) is 0.949. The van der Waals surface area contributed by atoms with Crippen molar-refractivity contribution in [3.05, 3.63) is 29.3 Å². The summed E-state index contributed by atoms with van der Waals surface area (Å²) in [6.07, 6.45) is 0. The average molecular weight is 264 g/mol. The Labute approximate surface area is 115 Å². The fraction of sp³-hybridized carbons (Fsp3) is 0.533. The lowest BCUT2D eigenvalue weighted by Gasteiger charge is -2.14. The molecule has 0 aliphatic carbocycles. The number of nitrogens with one attached hydrogen (secondary N) is 2. The predicted molar refractivity (Wildman–Crippen MR) is 77.5 cm³/mol. The van der Waals surface area contributed by atoms with Crippen LogP contribution in [0, 0.1) is 19.8 Å². The van der Waals surface area contributed by atoms with E-state index in [4.69, 9.17) is 4.74 Å². The van der Waals surface area contributed by atoms with Crippen molar-refractivity contribution >= 4 is 5.91 Å². The average Bonchev–Trinajstić information content (AvgIpc) is 2.37. The van der Waals surface area contributed by atoms with Crippen molar-refractivity contribution in [1.82, 2.24) is 10.6 Å². The Morgan fingerprint density at radius 1 is 1.32 bits per heavy atom. The van der Waals surface area contributed by atoms with Crippen molar-refractivity contribution in [2.45, 2.75) is 20.8 Å². The minimum atomic E-state index is -0.0230. The fourth-order valence-corrected chi connectivity index (χ4v) is 1.93. The molecule has 0 spiro atoms. The zero-order chi connectivity index (χ0) is 14.3. The van der Waals surface area contributed by atoms with E-state index < -0.39 is 0 Å². The van der Waals surface area contributed by atoms with E-state index in [0.29, 0.717) is 19.7 Å². The Kier molecular flexibility index (Phi) is 6.36. The van der Waals surface area contributed by atoms with E-state index in [1.807, 2.05) is 46.0 Å². The van der Waals surface area contributed by atoms with Gasteiger partial charge in [0, 0.05) is 12.5 Å². The highest BCUT2D eigenvalue weighted by Gasteiger charge is 2.10. The normalized spacial score (nSPS) is 12.0. The van der Waals surface area contributed by atoms with Crippen LogP contribution in [0.5, 0.6) is 5.75 Å². The van der Waals surface area contributed by atoms with Gasteiger partial charge in [0.05, 0.1) is 6.54 Å². The first-order valence-electron chi connectivity index (χ1n) is 6.67. The predicted octanol–water partition coefficient (Wildman–Crippen LogP) is 1.65. The van der Waals surface area contributed by atoms with Gasteiger partial charge in [0.25, 0.3) is 0 Å². The first kappa shape index (κ1) is 15.5. The third-order valence-corrected chi connectivity index (χ3v) is 3.01. The van der Waals surface area contributed by atoms with Gasteiger partial charge in [-0.25, -0.2) is 0 Å². The van der Waals surface area contributed by atoms with Gasteiger partial charge in [-0.05, 0) is 32.0 Å². The van der Waals surface area contributed by atoms with Gasteiger partial charge in [-0.2, -0.15) is 0 Å². The van der Waals surface area contributed by atoms with E-state index in [-0.39, 0.29) is 11.8 Å². The van der Waals surface area contributed by atoms with Crippen LogP contribution in [0.4, 0.5) is 0 Å². The Hall–Kier alpha value is -1.55. The molecule has 1 rings (SSSR count). The molecule has 106 valence electrons. The topological polar surface area (TPSA) is 50.4 Å². The highest BCUT2D eigenvalue weighted by molar-refractivity contribution is 5.78. The Bertz CT molecular complexity index is 398. The van der Waals surface area contributed by atoms with E-state index in [0.717, 1.165) is 16.9 Å². The lowest BCUT2D eigenvalue weighted by molar-refractivity contribution is -0.124. The highest BCUT2D eigenvalue weighted by atomic mass is 16.5. The number of carbonyl (C=O) groups is 1. The molecule has 0 fully saturated rings. The maximum atomic E-state index is 11.7. The van der Waals surface area contributed by atoms with Crippen LogP contribution < -0.4 is 15.4 Å². The fourth-order valence-electron chi connectivity index (χ4n) is 1.93. The number of carbonyl (C=O) groups excluding carboxylic acids is 1. The van der Waals surface area contributed by atoms with Crippen molar-refractivity contribution in [3.63, 3.8) is 0 Å². The van der Waals surface area contributed by atoms with Crippen molar-refractivity contribution in [3.8, 4) is 5.75 Å². The van der Waals surface area contributed by atoms with Gasteiger partial charge in [0.1, 0.15) is 12.4 Å². The second-order valence-electron chi connectivity index (χ2n) is 4.82. The molecule has 0 heterocycles. The van der Waals surface area contributed by atoms with Crippen molar-refractivity contribution < 1.29 is 9.53 Å². The van der Waals surface area contributed by atoms with Gasteiger partial charge in [0.2, 0.25) is 5.91 Å². The van der Waals surface area contributed by atoms with E-state index in [9.17, 15) is 4.79 Å². The molecule has 4 nitrogen and oxygen atoms in total. The lowest BCUT2D eigenvalue weighted by atomic mass is 10.1. The molecule has 0 radical (unpaired) electrons. The summed E-state index contributed by atoms with van der Waals surface area (Å²) in [5.41, 5.74) is 2.24. The summed E-state index contributed by atoms with van der Waals surface area (Å²) in [4.78, 5) is 11.7. The second kappa shape index (κ2) is 7.79. The third-order valence-electron chi connectivity index (χ3n) is 3.01. The molecule has 1 aromatic rings. The van der Waals surface area contributed by atoms with E-state index in [2.05, 4.69) is 10.6 Å². The van der Waals surface area contributed by atoms with Crippen LogP contribution >= 0.6 is 0 Å². The van der Waals surface area contributed by atoms with Crippen LogP contribution in [-0.4, -0.2) is 32.7 Å². The molecule has 2 N–H and O–H groups in total. The lowest BCUT2D eigenvalue weighted by Crippen LogP contribution is -2.36. The van der Waals surface area contributed by atoms with Crippen LogP contribution in [0.3, 0.4) is 0 Å². The maximum Gasteiger partial charge on any atom is 0.224 e. The molecule has 0 aliphatic rings. The molecular weight excluding hydrogens is 240 g/mol. The molecule has 19 heavy (non-hydrogen) atoms. The molecule has 4 heteroatoms. The van der Waals surface area contributed by atoms with Gasteiger partial charge >= 0.3 is 0 Å². The summed E-state index contributed by atoms with van der Waals surface area (Å²) >= 11 is 0. The molecule has 0 saturated carbocycles. The molecule has 0 aliphatic heterocycles. The molecule has 1 aromatic carbocycles. The number of amides is 1. The van der Waals surface area contributed by atoms with Crippen molar-refractivity contribution in [1.29, 1.82) is 0 Å². The molecule has 0 aromatic heterocycles. The van der Waals surface area contributed by atoms with Crippen LogP contribution in [0.25, 0.3) is 0 Å². The summed E-state index contributed by atoms with van der Waals surface area (Å²) in [6.45, 7) is 7.65. The zero-order valence-electron chi connectivity index (χ0n) is 12.2. The van der Waals surface area contributed by atoms with Crippen LogP contribution in [-0.2, 0) is 4.79 Å². The van der Waals surface area contributed by atoms with Gasteiger partial charge in [-0.15, -0.1) is 0 Å². The van der Waals surface area contributed by atoms with E-state index in [1.54, 1.807) is 0 Å². The SMILES string of the molecule is CNCC(C)C(=O)NCCOc1c(C)cccc1C. The number of benzene rings is 1.